The van der Waals surface area contributed by atoms with Gasteiger partial charge < -0.3 is 18.4 Å². The van der Waals surface area contributed by atoms with Crippen molar-refractivity contribution >= 4 is 29.0 Å². The highest BCUT2D eigenvalue weighted by Crippen LogP contribution is 2.36. The minimum Gasteiger partial charge on any atom is -0.485 e. The van der Waals surface area contributed by atoms with Gasteiger partial charge in [-0.3, -0.25) is 0 Å². The molecule has 0 amide bonds. The minimum atomic E-state index is -0.293. The maximum atomic E-state index is 6.04. The summed E-state index contributed by atoms with van der Waals surface area (Å²) >= 11 is 7.61. The average molecular weight is 414 g/mol. The van der Waals surface area contributed by atoms with Crippen LogP contribution in [0.1, 0.15) is 17.6 Å². The van der Waals surface area contributed by atoms with Gasteiger partial charge in [-0.25, -0.2) is 4.98 Å². The molecule has 9 heteroatoms. The topological polar surface area (TPSA) is 66.5 Å². The molecule has 0 fully saturated rings. The smallest absolute Gasteiger partial charge is 0.192 e. The lowest BCUT2D eigenvalue weighted by molar-refractivity contribution is 0.0825. The summed E-state index contributed by atoms with van der Waals surface area (Å²) in [6.45, 7) is 0.404. The molecule has 0 radical (unpaired) electrons. The molecule has 0 saturated carbocycles. The van der Waals surface area contributed by atoms with Gasteiger partial charge >= 0.3 is 0 Å². The molecule has 0 N–H and O–H groups in total. The summed E-state index contributed by atoms with van der Waals surface area (Å²) in [6.07, 6.45) is 3.52. The van der Waals surface area contributed by atoms with Gasteiger partial charge in [-0.15, -0.1) is 10.2 Å². The normalized spacial score (nSPS) is 15.9. The monoisotopic (exact) mass is 413 g/mol. The van der Waals surface area contributed by atoms with Crippen molar-refractivity contribution in [1.29, 1.82) is 0 Å². The van der Waals surface area contributed by atoms with Gasteiger partial charge in [0.15, 0.2) is 28.6 Å². The van der Waals surface area contributed by atoms with Crippen LogP contribution < -0.4 is 9.47 Å². The lowest BCUT2D eigenvalue weighted by atomic mass is 10.2. The number of hydrogen-bond donors (Lipinski definition) is 0. The molecule has 0 spiro atoms. The molecule has 7 nitrogen and oxygen atoms in total. The molecular formula is C19H16ClN5O2S. The lowest BCUT2D eigenvalue weighted by Gasteiger charge is -2.25. The summed E-state index contributed by atoms with van der Waals surface area (Å²) in [4.78, 5) is 4.60. The fourth-order valence-corrected chi connectivity index (χ4v) is 4.07. The number of aromatic nitrogens is 5. The highest BCUT2D eigenvalue weighted by Gasteiger charge is 2.27. The molecule has 0 bridgehead atoms. The Morgan fingerprint density at radius 1 is 1.14 bits per heavy atom. The molecule has 4 heterocycles. The quantitative estimate of drug-likeness (QED) is 0.472. The van der Waals surface area contributed by atoms with Crippen LogP contribution >= 0.6 is 23.4 Å². The van der Waals surface area contributed by atoms with Gasteiger partial charge in [-0.05, 0) is 24.3 Å². The van der Waals surface area contributed by atoms with E-state index in [9.17, 15) is 0 Å². The van der Waals surface area contributed by atoms with E-state index in [0.717, 1.165) is 33.8 Å². The summed E-state index contributed by atoms with van der Waals surface area (Å²) < 4.78 is 15.7. The van der Waals surface area contributed by atoms with Crippen LogP contribution in [-0.2, 0) is 12.8 Å². The molecule has 1 aromatic carbocycles. The largest absolute Gasteiger partial charge is 0.485 e. The van der Waals surface area contributed by atoms with Crippen molar-refractivity contribution in [2.45, 2.75) is 17.0 Å². The predicted molar refractivity (Wildman–Crippen MR) is 106 cm³/mol. The van der Waals surface area contributed by atoms with Crippen molar-refractivity contribution in [3.8, 4) is 11.5 Å². The van der Waals surface area contributed by atoms with Crippen LogP contribution in [0.15, 0.2) is 53.9 Å². The molecule has 28 heavy (non-hydrogen) atoms. The van der Waals surface area contributed by atoms with Crippen molar-refractivity contribution in [2.24, 2.45) is 7.05 Å². The summed E-state index contributed by atoms with van der Waals surface area (Å²) in [5.74, 6) is 2.89. The van der Waals surface area contributed by atoms with Crippen LogP contribution in [0.5, 0.6) is 11.5 Å². The number of para-hydroxylation sites is 2. The first kappa shape index (κ1) is 17.4. The number of ether oxygens (including phenoxy) is 2. The van der Waals surface area contributed by atoms with Crippen molar-refractivity contribution in [3.63, 3.8) is 0 Å². The van der Waals surface area contributed by atoms with E-state index in [1.165, 1.54) is 0 Å². The van der Waals surface area contributed by atoms with E-state index in [1.54, 1.807) is 11.8 Å². The Balaban J connectivity index is 1.31. The zero-order valence-corrected chi connectivity index (χ0v) is 16.5. The van der Waals surface area contributed by atoms with E-state index >= 15 is 0 Å². The summed E-state index contributed by atoms with van der Waals surface area (Å²) in [5.41, 5.74) is 1.81. The zero-order chi connectivity index (χ0) is 19.1. The SMILES string of the molecule is Cn1c(SCc2cn3cc(Cl)ccc3n2)nnc1C1COc2ccccc2O1. The molecule has 1 aliphatic heterocycles. The fourth-order valence-electron chi connectivity index (χ4n) is 3.10. The minimum absolute atomic E-state index is 0.293. The van der Waals surface area contributed by atoms with E-state index in [1.807, 2.05) is 64.8 Å². The second kappa shape index (κ2) is 7.03. The van der Waals surface area contributed by atoms with Crippen LogP contribution in [-0.4, -0.2) is 30.8 Å². The molecule has 142 valence electrons. The first-order valence-electron chi connectivity index (χ1n) is 8.71. The van der Waals surface area contributed by atoms with Crippen LogP contribution in [0.4, 0.5) is 0 Å². The molecule has 4 aromatic rings. The van der Waals surface area contributed by atoms with Crippen molar-refractivity contribution in [2.75, 3.05) is 6.61 Å². The molecule has 5 rings (SSSR count). The number of hydrogen-bond acceptors (Lipinski definition) is 6. The van der Waals surface area contributed by atoms with Crippen LogP contribution in [0.2, 0.25) is 5.02 Å². The number of pyridine rings is 1. The second-order valence-electron chi connectivity index (χ2n) is 6.40. The molecule has 1 atom stereocenters. The molecular weight excluding hydrogens is 398 g/mol. The Labute approximate surface area is 170 Å². The van der Waals surface area contributed by atoms with Crippen molar-refractivity contribution in [3.05, 3.63) is 65.3 Å². The first-order valence-corrected chi connectivity index (χ1v) is 10.1. The standard InChI is InChI=1S/C19H16ClN5O2S/c1-24-18(16-10-26-14-4-2-3-5-15(14)27-16)22-23-19(24)28-11-13-9-25-8-12(20)6-7-17(25)21-13/h2-9,16H,10-11H2,1H3. The highest BCUT2D eigenvalue weighted by atomic mass is 35.5. The Morgan fingerprint density at radius 3 is 2.89 bits per heavy atom. The molecule has 1 aliphatic rings. The summed E-state index contributed by atoms with van der Waals surface area (Å²) in [5, 5.41) is 10.1. The van der Waals surface area contributed by atoms with Crippen LogP contribution in [0.3, 0.4) is 0 Å². The Hall–Kier alpha value is -2.71. The van der Waals surface area contributed by atoms with Crippen molar-refractivity contribution in [1.82, 2.24) is 24.1 Å². The first-order chi connectivity index (χ1) is 13.7. The number of halogens is 1. The predicted octanol–water partition coefficient (Wildman–Crippen LogP) is 3.92. The van der Waals surface area contributed by atoms with Crippen LogP contribution in [0.25, 0.3) is 5.65 Å². The molecule has 0 saturated heterocycles. The van der Waals surface area contributed by atoms with Gasteiger partial charge in [0.1, 0.15) is 12.3 Å². The maximum absolute atomic E-state index is 6.04. The third kappa shape index (κ3) is 3.18. The van der Waals surface area contributed by atoms with Gasteiger partial charge in [0, 0.05) is 25.2 Å². The van der Waals surface area contributed by atoms with Gasteiger partial charge in [0.2, 0.25) is 0 Å². The van der Waals surface area contributed by atoms with E-state index in [2.05, 4.69) is 15.2 Å². The van der Waals surface area contributed by atoms with Gasteiger partial charge in [0.25, 0.3) is 0 Å². The summed E-state index contributed by atoms with van der Waals surface area (Å²) in [7, 11) is 1.94. The van der Waals surface area contributed by atoms with Gasteiger partial charge in [-0.2, -0.15) is 0 Å². The number of imidazole rings is 1. The highest BCUT2D eigenvalue weighted by molar-refractivity contribution is 7.98. The van der Waals surface area contributed by atoms with E-state index in [4.69, 9.17) is 21.1 Å². The number of fused-ring (bicyclic) bond motifs is 2. The third-order valence-electron chi connectivity index (χ3n) is 4.48. The van der Waals surface area contributed by atoms with E-state index in [0.29, 0.717) is 17.4 Å². The maximum Gasteiger partial charge on any atom is 0.192 e. The summed E-state index contributed by atoms with van der Waals surface area (Å²) in [6, 6.07) is 11.4. The number of benzene rings is 1. The van der Waals surface area contributed by atoms with E-state index in [-0.39, 0.29) is 6.10 Å². The molecule has 0 aliphatic carbocycles. The Bertz CT molecular complexity index is 1160. The lowest BCUT2D eigenvalue weighted by Crippen LogP contribution is -2.24. The Morgan fingerprint density at radius 2 is 2.00 bits per heavy atom. The van der Waals surface area contributed by atoms with Gasteiger partial charge in [0.05, 0.1) is 10.7 Å². The second-order valence-corrected chi connectivity index (χ2v) is 7.78. The number of thioether (sulfide) groups is 1. The molecule has 3 aromatic heterocycles. The third-order valence-corrected chi connectivity index (χ3v) is 5.76. The number of nitrogens with zero attached hydrogens (tertiary/aromatic N) is 5. The van der Waals surface area contributed by atoms with Crippen molar-refractivity contribution < 1.29 is 9.47 Å². The van der Waals surface area contributed by atoms with E-state index < -0.39 is 0 Å². The fraction of sp³-hybridized carbons (Fsp3) is 0.211. The molecule has 1 unspecified atom stereocenters. The Kier molecular flexibility index (Phi) is 4.37. The van der Waals surface area contributed by atoms with Crippen LogP contribution in [0, 0.1) is 0 Å². The number of rotatable bonds is 4. The van der Waals surface area contributed by atoms with Gasteiger partial charge in [-0.1, -0.05) is 35.5 Å². The zero-order valence-electron chi connectivity index (χ0n) is 14.9. The average Bonchev–Trinajstić information content (AvgIpc) is 3.28.